The maximum absolute atomic E-state index is 12.1. The van der Waals surface area contributed by atoms with E-state index in [2.05, 4.69) is 10.1 Å². The summed E-state index contributed by atoms with van der Waals surface area (Å²) in [6.07, 6.45) is -4.96. The van der Waals surface area contributed by atoms with Crippen molar-refractivity contribution in [2.24, 2.45) is 5.16 Å². The van der Waals surface area contributed by atoms with E-state index in [1.165, 1.54) is 5.32 Å². The van der Waals surface area contributed by atoms with E-state index >= 15 is 0 Å². The van der Waals surface area contributed by atoms with Gasteiger partial charge < -0.3 is 9.94 Å². The number of carboxylic acids is 1. The first kappa shape index (κ1) is 16.5. The third-order valence-electron chi connectivity index (χ3n) is 2.36. The number of nitrogens with one attached hydrogen (secondary N) is 1. The Labute approximate surface area is 129 Å². The second-order valence-corrected chi connectivity index (χ2v) is 5.55. The van der Waals surface area contributed by atoms with E-state index in [4.69, 9.17) is 21.5 Å². The van der Waals surface area contributed by atoms with Crippen molar-refractivity contribution in [2.75, 3.05) is 5.32 Å². The Balaban J connectivity index is 2.10. The van der Waals surface area contributed by atoms with E-state index in [9.17, 15) is 22.8 Å². The molecule has 1 aromatic rings. The quantitative estimate of drug-likeness (QED) is 0.475. The number of aliphatic carboxylic acids is 1. The van der Waals surface area contributed by atoms with Gasteiger partial charge in [0.25, 0.3) is 0 Å². The lowest BCUT2D eigenvalue weighted by atomic mass is 10.3. The van der Waals surface area contributed by atoms with Gasteiger partial charge in [0.15, 0.2) is 5.13 Å². The van der Waals surface area contributed by atoms with Crippen LogP contribution in [0.3, 0.4) is 0 Å². The first-order chi connectivity index (χ1) is 10.2. The number of carbonyl (C=O) groups excluding carboxylic acids is 1. The average molecular weight is 358 g/mol. The number of hydrogen-bond donors (Lipinski definition) is 2. The van der Waals surface area contributed by atoms with Gasteiger partial charge in [-0.2, -0.15) is 13.2 Å². The summed E-state index contributed by atoms with van der Waals surface area (Å²) < 4.78 is 36.3. The summed E-state index contributed by atoms with van der Waals surface area (Å²) in [5, 5.41) is 14.4. The fourth-order valence-corrected chi connectivity index (χ4v) is 2.09. The number of oxime groups is 1. The molecule has 1 fully saturated rings. The summed E-state index contributed by atoms with van der Waals surface area (Å²) in [5.74, 6) is -3.69. The van der Waals surface area contributed by atoms with Crippen molar-refractivity contribution < 1.29 is 32.7 Å². The van der Waals surface area contributed by atoms with Crippen LogP contribution in [-0.4, -0.2) is 45.3 Å². The Hall–Kier alpha value is -1.88. The van der Waals surface area contributed by atoms with Crippen LogP contribution in [0.1, 0.15) is 12.1 Å². The number of alkyl halides is 4. The zero-order valence-electron chi connectivity index (χ0n) is 10.4. The van der Waals surface area contributed by atoms with E-state index in [1.54, 1.807) is 0 Å². The number of amides is 1. The fourth-order valence-electron chi connectivity index (χ4n) is 1.18. The van der Waals surface area contributed by atoms with Crippen molar-refractivity contribution in [2.45, 2.75) is 24.1 Å². The Bertz CT molecular complexity index is 633. The van der Waals surface area contributed by atoms with Crippen LogP contribution in [0.25, 0.3) is 0 Å². The lowest BCUT2D eigenvalue weighted by Gasteiger charge is -2.04. The molecule has 1 heterocycles. The number of halogens is 4. The van der Waals surface area contributed by atoms with Crippen molar-refractivity contribution in [3.8, 4) is 0 Å². The summed E-state index contributed by atoms with van der Waals surface area (Å²) >= 11 is 6.28. The third kappa shape index (κ3) is 4.07. The van der Waals surface area contributed by atoms with Gasteiger partial charge in [-0.15, -0.1) is 22.9 Å². The summed E-state index contributed by atoms with van der Waals surface area (Å²) in [6, 6.07) is 0. The topological polar surface area (TPSA) is 101 Å². The highest BCUT2D eigenvalue weighted by molar-refractivity contribution is 7.14. The number of anilines is 1. The molecule has 1 aliphatic rings. The number of carboxylic acid groups (broad SMARTS) is 1. The number of thiazole rings is 1. The minimum Gasteiger partial charge on any atom is -0.476 e. The first-order valence-electron chi connectivity index (χ1n) is 5.63. The minimum absolute atomic E-state index is 0.234. The molecule has 22 heavy (non-hydrogen) atoms. The molecule has 2 N–H and O–H groups in total. The molecule has 1 saturated carbocycles. The van der Waals surface area contributed by atoms with Gasteiger partial charge in [-0.25, -0.2) is 9.78 Å². The third-order valence-corrected chi connectivity index (χ3v) is 3.58. The van der Waals surface area contributed by atoms with Crippen molar-refractivity contribution >= 4 is 45.7 Å². The molecule has 2 rings (SSSR count). The monoisotopic (exact) mass is 357 g/mol. The maximum atomic E-state index is 12.1. The zero-order valence-corrected chi connectivity index (χ0v) is 12.0. The summed E-state index contributed by atoms with van der Waals surface area (Å²) in [4.78, 5) is 30.2. The highest BCUT2D eigenvalue weighted by Crippen LogP contribution is 2.31. The molecular formula is C10H7ClF3N3O4S. The first-order valence-corrected chi connectivity index (χ1v) is 6.95. The van der Waals surface area contributed by atoms with Crippen molar-refractivity contribution in [1.82, 2.24) is 4.98 Å². The molecule has 0 spiro atoms. The molecule has 1 aliphatic carbocycles. The molecule has 0 aromatic carbocycles. The van der Waals surface area contributed by atoms with Crippen molar-refractivity contribution in [3.05, 3.63) is 11.1 Å². The van der Waals surface area contributed by atoms with Crippen LogP contribution in [-0.2, 0) is 14.4 Å². The van der Waals surface area contributed by atoms with Gasteiger partial charge in [-0.3, -0.25) is 10.1 Å². The normalized spacial score (nSPS) is 21.4. The Morgan fingerprint density at radius 3 is 2.68 bits per heavy atom. The molecule has 120 valence electrons. The molecule has 1 amide bonds. The Kier molecular flexibility index (Phi) is 4.56. The molecule has 2 unspecified atom stereocenters. The lowest BCUT2D eigenvalue weighted by Crippen LogP contribution is -2.29. The number of rotatable bonds is 5. The summed E-state index contributed by atoms with van der Waals surface area (Å²) in [7, 11) is 0. The molecular weight excluding hydrogens is 351 g/mol. The van der Waals surface area contributed by atoms with Crippen LogP contribution in [0.5, 0.6) is 0 Å². The van der Waals surface area contributed by atoms with Crippen LogP contribution in [0.4, 0.5) is 18.3 Å². The maximum Gasteiger partial charge on any atom is 0.471 e. The van der Waals surface area contributed by atoms with Crippen molar-refractivity contribution in [3.63, 3.8) is 0 Å². The standard InChI is InChI=1S/C10H7ClF3N3O4S/c11-3-1-5(3)21-17-6(7(18)19)4-2-22-9(15-4)16-8(20)10(12,13)14/h2-3,5H,1H2,(H,18,19)(H,15,16,20)/b17-6-. The molecule has 0 radical (unpaired) electrons. The molecule has 0 saturated heterocycles. The van der Waals surface area contributed by atoms with E-state index in [0.29, 0.717) is 17.8 Å². The van der Waals surface area contributed by atoms with Gasteiger partial charge in [0.1, 0.15) is 11.8 Å². The second-order valence-electron chi connectivity index (χ2n) is 4.13. The molecule has 7 nitrogen and oxygen atoms in total. The van der Waals surface area contributed by atoms with Crippen LogP contribution >= 0.6 is 22.9 Å². The largest absolute Gasteiger partial charge is 0.476 e. The number of nitrogens with zero attached hydrogens (tertiary/aromatic N) is 2. The fraction of sp³-hybridized carbons (Fsp3) is 0.400. The Morgan fingerprint density at radius 1 is 1.55 bits per heavy atom. The molecule has 2 atom stereocenters. The van der Waals surface area contributed by atoms with E-state index in [1.807, 2.05) is 0 Å². The smallest absolute Gasteiger partial charge is 0.471 e. The molecule has 1 aromatic heterocycles. The van der Waals surface area contributed by atoms with Gasteiger partial charge in [0.05, 0.1) is 5.38 Å². The van der Waals surface area contributed by atoms with E-state index in [0.717, 1.165) is 5.38 Å². The number of aromatic nitrogens is 1. The van der Waals surface area contributed by atoms with Gasteiger partial charge in [-0.1, -0.05) is 5.16 Å². The molecule has 12 heteroatoms. The van der Waals surface area contributed by atoms with Crippen LogP contribution in [0.15, 0.2) is 10.5 Å². The predicted octanol–water partition coefficient (Wildman–Crippen LogP) is 1.83. The highest BCUT2D eigenvalue weighted by atomic mass is 35.5. The minimum atomic E-state index is -5.07. The van der Waals surface area contributed by atoms with Crippen molar-refractivity contribution in [1.29, 1.82) is 0 Å². The molecule has 0 aliphatic heterocycles. The van der Waals surface area contributed by atoms with E-state index < -0.39 is 35.0 Å². The van der Waals surface area contributed by atoms with Crippen LogP contribution < -0.4 is 5.32 Å². The summed E-state index contributed by atoms with van der Waals surface area (Å²) in [5.41, 5.74) is -0.832. The van der Waals surface area contributed by atoms with Gasteiger partial charge in [-0.05, 0) is 0 Å². The molecule has 0 bridgehead atoms. The lowest BCUT2D eigenvalue weighted by molar-refractivity contribution is -0.167. The number of carbonyl (C=O) groups is 2. The number of hydrogen-bond acceptors (Lipinski definition) is 6. The zero-order chi connectivity index (χ0) is 16.5. The van der Waals surface area contributed by atoms with Crippen LogP contribution in [0, 0.1) is 0 Å². The van der Waals surface area contributed by atoms with Gasteiger partial charge >= 0.3 is 18.1 Å². The Morgan fingerprint density at radius 2 is 2.18 bits per heavy atom. The van der Waals surface area contributed by atoms with Gasteiger partial charge in [0.2, 0.25) is 5.71 Å². The summed E-state index contributed by atoms with van der Waals surface area (Å²) in [6.45, 7) is 0. The SMILES string of the molecule is O=C(O)/C(=N\OC1CC1Cl)c1csc(NC(=O)C(F)(F)F)n1. The average Bonchev–Trinajstić information content (AvgIpc) is 2.91. The van der Waals surface area contributed by atoms with Crippen LogP contribution in [0.2, 0.25) is 0 Å². The van der Waals surface area contributed by atoms with Gasteiger partial charge in [0, 0.05) is 11.8 Å². The predicted molar refractivity (Wildman–Crippen MR) is 70.1 cm³/mol. The second kappa shape index (κ2) is 6.08. The van der Waals surface area contributed by atoms with E-state index in [-0.39, 0.29) is 11.1 Å². The highest BCUT2D eigenvalue weighted by Gasteiger charge is 2.40.